The minimum Gasteiger partial charge on any atom is -0.384 e. The summed E-state index contributed by atoms with van der Waals surface area (Å²) < 4.78 is 15.6. The Morgan fingerprint density at radius 1 is 1.31 bits per heavy atom. The molecular formula is C17H25N5O4. The molecule has 9 heteroatoms. The molecule has 2 aromatic heterocycles. The van der Waals surface area contributed by atoms with Crippen molar-refractivity contribution in [3.8, 4) is 0 Å². The third-order valence-electron chi connectivity index (χ3n) is 4.66. The Kier molecular flexibility index (Phi) is 5.87. The number of nitrogens with one attached hydrogen (secondary N) is 1. The summed E-state index contributed by atoms with van der Waals surface area (Å²) in [7, 11) is 1.63. The predicted octanol–water partition coefficient (Wildman–Crippen LogP) is 2.30. The lowest BCUT2D eigenvalue weighted by molar-refractivity contribution is 0.131. The second-order valence-corrected chi connectivity index (χ2v) is 6.46. The second kappa shape index (κ2) is 8.31. The first-order valence-electron chi connectivity index (χ1n) is 8.87. The molecule has 2 amide bonds. The van der Waals surface area contributed by atoms with E-state index >= 15 is 0 Å². The molecule has 1 aliphatic heterocycles. The lowest BCUT2D eigenvalue weighted by atomic mass is 10.0. The smallest absolute Gasteiger partial charge is 0.318 e. The number of ether oxygens (including phenoxy) is 1. The molecule has 0 saturated carbocycles. The van der Waals surface area contributed by atoms with E-state index in [1.807, 2.05) is 13.8 Å². The molecule has 1 aliphatic rings. The van der Waals surface area contributed by atoms with E-state index in [9.17, 15) is 4.79 Å². The van der Waals surface area contributed by atoms with Gasteiger partial charge in [-0.25, -0.2) is 4.79 Å². The summed E-state index contributed by atoms with van der Waals surface area (Å²) in [4.78, 5) is 18.9. The van der Waals surface area contributed by atoms with Crippen LogP contribution in [0.15, 0.2) is 9.05 Å². The quantitative estimate of drug-likeness (QED) is 0.839. The molecule has 1 saturated heterocycles. The molecule has 1 atom stereocenters. The summed E-state index contributed by atoms with van der Waals surface area (Å²) in [5.74, 6) is 1.81. The van der Waals surface area contributed by atoms with Crippen LogP contribution in [0.2, 0.25) is 0 Å². The molecule has 2 aromatic rings. The summed E-state index contributed by atoms with van der Waals surface area (Å²) in [5.41, 5.74) is 1.70. The molecule has 0 aliphatic carbocycles. The zero-order chi connectivity index (χ0) is 18.5. The van der Waals surface area contributed by atoms with Gasteiger partial charge in [-0.05, 0) is 33.1 Å². The maximum absolute atomic E-state index is 12.7. The molecule has 142 valence electrons. The van der Waals surface area contributed by atoms with Gasteiger partial charge in [-0.2, -0.15) is 4.98 Å². The fourth-order valence-electron chi connectivity index (χ4n) is 3.15. The number of methoxy groups -OCH3 is 1. The highest BCUT2D eigenvalue weighted by atomic mass is 16.5. The van der Waals surface area contributed by atoms with Crippen LogP contribution >= 0.6 is 0 Å². The van der Waals surface area contributed by atoms with Gasteiger partial charge in [-0.3, -0.25) is 0 Å². The molecule has 1 N–H and O–H groups in total. The van der Waals surface area contributed by atoms with Crippen LogP contribution in [0.4, 0.5) is 4.79 Å². The first-order chi connectivity index (χ1) is 12.6. The van der Waals surface area contributed by atoms with Gasteiger partial charge in [0.25, 0.3) is 0 Å². The number of hydrogen-bond donors (Lipinski definition) is 1. The van der Waals surface area contributed by atoms with Crippen molar-refractivity contribution in [2.75, 3.05) is 20.3 Å². The molecule has 0 aromatic carbocycles. The van der Waals surface area contributed by atoms with Crippen molar-refractivity contribution in [1.29, 1.82) is 0 Å². The normalized spacial score (nSPS) is 17.5. The largest absolute Gasteiger partial charge is 0.384 e. The van der Waals surface area contributed by atoms with Crippen LogP contribution in [0.5, 0.6) is 0 Å². The topological polar surface area (TPSA) is 107 Å². The van der Waals surface area contributed by atoms with Crippen molar-refractivity contribution < 1.29 is 18.6 Å². The molecule has 0 bridgehead atoms. The number of hydrogen-bond acceptors (Lipinski definition) is 7. The zero-order valence-corrected chi connectivity index (χ0v) is 15.4. The van der Waals surface area contributed by atoms with E-state index < -0.39 is 0 Å². The highest BCUT2D eigenvalue weighted by Crippen LogP contribution is 2.30. The maximum atomic E-state index is 12.7. The molecule has 26 heavy (non-hydrogen) atoms. The molecule has 1 fully saturated rings. The van der Waals surface area contributed by atoms with Gasteiger partial charge in [-0.15, -0.1) is 0 Å². The third kappa shape index (κ3) is 4.04. The first kappa shape index (κ1) is 18.4. The number of carbonyl (C=O) groups is 1. The third-order valence-corrected chi connectivity index (χ3v) is 4.66. The summed E-state index contributed by atoms with van der Waals surface area (Å²) in [5, 5.41) is 10.9. The Bertz CT molecular complexity index is 722. The molecule has 1 unspecified atom stereocenters. The van der Waals surface area contributed by atoms with E-state index in [4.69, 9.17) is 13.8 Å². The number of likely N-dealkylation sites (tertiary alicyclic amines) is 1. The summed E-state index contributed by atoms with van der Waals surface area (Å²) in [6, 6.07) is -0.344. The fourth-order valence-corrected chi connectivity index (χ4v) is 3.15. The number of rotatable bonds is 6. The van der Waals surface area contributed by atoms with E-state index in [0.29, 0.717) is 37.8 Å². The average molecular weight is 363 g/mol. The van der Waals surface area contributed by atoms with Crippen molar-refractivity contribution in [2.45, 2.75) is 52.1 Å². The highest BCUT2D eigenvalue weighted by Gasteiger charge is 2.32. The van der Waals surface area contributed by atoms with E-state index in [1.165, 1.54) is 0 Å². The van der Waals surface area contributed by atoms with Crippen LogP contribution in [0.1, 0.15) is 54.0 Å². The van der Waals surface area contributed by atoms with Gasteiger partial charge in [-0.1, -0.05) is 10.3 Å². The molecule has 0 spiro atoms. The summed E-state index contributed by atoms with van der Waals surface area (Å²) in [6.45, 7) is 5.28. The Labute approximate surface area is 152 Å². The van der Waals surface area contributed by atoms with Crippen LogP contribution in [0.3, 0.4) is 0 Å². The van der Waals surface area contributed by atoms with Crippen molar-refractivity contribution in [2.24, 2.45) is 0 Å². The van der Waals surface area contributed by atoms with E-state index in [0.717, 1.165) is 36.3 Å². The Morgan fingerprint density at radius 2 is 2.15 bits per heavy atom. The lowest BCUT2D eigenvalue weighted by Crippen LogP contribution is -2.44. The molecule has 0 radical (unpaired) electrons. The number of nitrogens with zero attached hydrogens (tertiary/aromatic N) is 4. The van der Waals surface area contributed by atoms with Crippen LogP contribution in [0.25, 0.3) is 0 Å². The number of aromatic nitrogens is 3. The number of piperidine rings is 1. The predicted molar refractivity (Wildman–Crippen MR) is 91.4 cm³/mol. The molecule has 9 nitrogen and oxygen atoms in total. The van der Waals surface area contributed by atoms with Gasteiger partial charge in [0, 0.05) is 32.2 Å². The first-order valence-corrected chi connectivity index (χ1v) is 8.87. The minimum absolute atomic E-state index is 0.147. The molecule has 3 heterocycles. The number of urea groups is 1. The minimum atomic E-state index is -0.197. The summed E-state index contributed by atoms with van der Waals surface area (Å²) >= 11 is 0. The SMILES string of the molecule is COCCc1noc(C2CCCCN2C(=O)NCc2c(C)noc2C)n1. The Morgan fingerprint density at radius 3 is 2.88 bits per heavy atom. The maximum Gasteiger partial charge on any atom is 0.318 e. The van der Waals surface area contributed by atoms with E-state index in [1.54, 1.807) is 12.0 Å². The van der Waals surface area contributed by atoms with E-state index in [-0.39, 0.29) is 12.1 Å². The number of carbonyl (C=O) groups excluding carboxylic acids is 1. The van der Waals surface area contributed by atoms with E-state index in [2.05, 4.69) is 20.6 Å². The number of aryl methyl sites for hydroxylation is 2. The van der Waals surface area contributed by atoms with Crippen LogP contribution in [0, 0.1) is 13.8 Å². The van der Waals surface area contributed by atoms with Gasteiger partial charge in [0.2, 0.25) is 5.89 Å². The van der Waals surface area contributed by atoms with Crippen molar-refractivity contribution >= 4 is 6.03 Å². The van der Waals surface area contributed by atoms with Crippen LogP contribution < -0.4 is 5.32 Å². The standard InChI is InChI=1S/C17H25N5O4/c1-11-13(12(2)25-20-11)10-18-17(23)22-8-5-4-6-14(22)16-19-15(21-26-16)7-9-24-3/h14H,4-10H2,1-3H3,(H,18,23). The number of amides is 2. The summed E-state index contributed by atoms with van der Waals surface area (Å²) in [6.07, 6.45) is 3.38. The van der Waals surface area contributed by atoms with Crippen molar-refractivity contribution in [1.82, 2.24) is 25.5 Å². The van der Waals surface area contributed by atoms with Gasteiger partial charge in [0.05, 0.1) is 12.3 Å². The van der Waals surface area contributed by atoms with Gasteiger partial charge < -0.3 is 24.0 Å². The monoisotopic (exact) mass is 363 g/mol. The second-order valence-electron chi connectivity index (χ2n) is 6.46. The Balaban J connectivity index is 1.66. The van der Waals surface area contributed by atoms with Crippen molar-refractivity contribution in [3.63, 3.8) is 0 Å². The fraction of sp³-hybridized carbons (Fsp3) is 0.647. The zero-order valence-electron chi connectivity index (χ0n) is 15.4. The van der Waals surface area contributed by atoms with Gasteiger partial charge >= 0.3 is 6.03 Å². The lowest BCUT2D eigenvalue weighted by Gasteiger charge is -2.33. The molecular weight excluding hydrogens is 338 g/mol. The van der Waals surface area contributed by atoms with Gasteiger partial charge in [0.1, 0.15) is 11.8 Å². The average Bonchev–Trinajstić information content (AvgIpc) is 3.25. The van der Waals surface area contributed by atoms with Crippen LogP contribution in [-0.2, 0) is 17.7 Å². The van der Waals surface area contributed by atoms with Gasteiger partial charge in [0.15, 0.2) is 5.82 Å². The van der Waals surface area contributed by atoms with Crippen LogP contribution in [-0.4, -0.2) is 46.5 Å². The van der Waals surface area contributed by atoms with Crippen molar-refractivity contribution in [3.05, 3.63) is 28.7 Å². The highest BCUT2D eigenvalue weighted by molar-refractivity contribution is 5.74. The molecule has 3 rings (SSSR count). The Hall–Kier alpha value is -2.42.